The fraction of sp³-hybridized carbons (Fsp3) is 0. The van der Waals surface area contributed by atoms with Crippen LogP contribution < -0.4 is 21.9 Å². The molecule has 3 rings (SSSR count). The Balaban J connectivity index is 1.83. The van der Waals surface area contributed by atoms with E-state index in [0.717, 1.165) is 11.3 Å². The number of carbonyl (C=O) groups excluding carboxylic acids is 1. The number of carbonyl (C=O) groups is 1. The molecule has 0 spiro atoms. The van der Waals surface area contributed by atoms with Crippen molar-refractivity contribution in [3.8, 4) is 0 Å². The molecule has 0 saturated heterocycles. The van der Waals surface area contributed by atoms with Gasteiger partial charge in [0.2, 0.25) is 15.8 Å². The van der Waals surface area contributed by atoms with Crippen LogP contribution in [0.4, 0.5) is 22.3 Å². The number of primary sulfonamides is 1. The van der Waals surface area contributed by atoms with Gasteiger partial charge in [-0.3, -0.25) is 4.79 Å². The number of nitrogens with one attached hydrogen (secondary N) is 1. The molecule has 0 unspecified atom stereocenters. The highest BCUT2D eigenvalue weighted by atomic mass is 32.2. The van der Waals surface area contributed by atoms with Crippen LogP contribution in [0.25, 0.3) is 0 Å². The summed E-state index contributed by atoms with van der Waals surface area (Å²) in [7, 11) is -3.76. The van der Waals surface area contributed by atoms with Crippen molar-refractivity contribution in [2.45, 2.75) is 4.90 Å². The zero-order valence-electron chi connectivity index (χ0n) is 13.3. The Kier molecular flexibility index (Phi) is 4.64. The van der Waals surface area contributed by atoms with Gasteiger partial charge in [-0.05, 0) is 36.4 Å². The van der Waals surface area contributed by atoms with Crippen molar-refractivity contribution in [1.29, 1.82) is 0 Å². The monoisotopic (exact) mass is 389 g/mol. The Labute approximate surface area is 153 Å². The first-order chi connectivity index (χ1) is 12.2. The van der Waals surface area contributed by atoms with Gasteiger partial charge in [0, 0.05) is 16.9 Å². The molecular weight excluding hydrogens is 374 g/mol. The summed E-state index contributed by atoms with van der Waals surface area (Å²) in [5.74, 6) is -0.170. The molecule has 0 bridgehead atoms. The molecule has 134 valence electrons. The molecule has 0 atom stereocenters. The van der Waals surface area contributed by atoms with Gasteiger partial charge in [0.1, 0.15) is 10.7 Å². The molecule has 1 aromatic heterocycles. The molecule has 7 N–H and O–H groups in total. The molecule has 3 aromatic rings. The lowest BCUT2D eigenvalue weighted by Gasteiger charge is -2.03. The minimum atomic E-state index is -3.76. The van der Waals surface area contributed by atoms with Crippen LogP contribution in [0, 0.1) is 0 Å². The van der Waals surface area contributed by atoms with Gasteiger partial charge in [0.05, 0.1) is 4.90 Å². The van der Waals surface area contributed by atoms with E-state index in [0.29, 0.717) is 26.9 Å². The number of rotatable bonds is 5. The van der Waals surface area contributed by atoms with E-state index >= 15 is 0 Å². The lowest BCUT2D eigenvalue weighted by Crippen LogP contribution is -2.11. The van der Waals surface area contributed by atoms with E-state index in [-0.39, 0.29) is 16.5 Å². The number of nitrogens with zero attached hydrogens (tertiary/aromatic N) is 1. The summed E-state index contributed by atoms with van der Waals surface area (Å²) < 4.78 is 22.5. The molecule has 10 heteroatoms. The van der Waals surface area contributed by atoms with Crippen LogP contribution in [-0.2, 0) is 10.0 Å². The summed E-state index contributed by atoms with van der Waals surface area (Å²) in [4.78, 5) is 17.0. The van der Waals surface area contributed by atoms with E-state index in [9.17, 15) is 13.2 Å². The Morgan fingerprint density at radius 1 is 1.08 bits per heavy atom. The molecule has 2 aromatic carbocycles. The van der Waals surface area contributed by atoms with Crippen molar-refractivity contribution in [3.63, 3.8) is 0 Å². The highest BCUT2D eigenvalue weighted by Gasteiger charge is 2.18. The predicted octanol–water partition coefficient (Wildman–Crippen LogP) is 1.93. The average Bonchev–Trinajstić information content (AvgIpc) is 2.94. The maximum Gasteiger partial charge on any atom is 0.238 e. The molecule has 0 fully saturated rings. The standard InChI is InChI=1S/C16H15N5O3S2/c17-10-3-1-2-9(8-10)13(22)14-15(18)21-16(25-14)20-11-4-6-12(7-5-11)26(19,23)24/h1-8H,17-18H2,(H,20,21)(H2,19,23,24). The van der Waals surface area contributed by atoms with Gasteiger partial charge in [0.25, 0.3) is 0 Å². The third kappa shape index (κ3) is 3.82. The highest BCUT2D eigenvalue weighted by molar-refractivity contribution is 7.89. The van der Waals surface area contributed by atoms with Crippen LogP contribution in [0.2, 0.25) is 0 Å². The second-order valence-corrected chi connectivity index (χ2v) is 7.94. The number of nitrogens with two attached hydrogens (primary N) is 3. The highest BCUT2D eigenvalue weighted by Crippen LogP contribution is 2.30. The second-order valence-electron chi connectivity index (χ2n) is 5.38. The molecule has 0 aliphatic heterocycles. The van der Waals surface area contributed by atoms with Gasteiger partial charge < -0.3 is 16.8 Å². The second kappa shape index (κ2) is 6.75. The molecule has 0 radical (unpaired) electrons. The number of hydrogen-bond donors (Lipinski definition) is 4. The predicted molar refractivity (Wildman–Crippen MR) is 102 cm³/mol. The first kappa shape index (κ1) is 17.9. The first-order valence-corrected chi connectivity index (χ1v) is 9.67. The number of aromatic nitrogens is 1. The average molecular weight is 389 g/mol. The number of ketones is 1. The van der Waals surface area contributed by atoms with E-state index in [1.165, 1.54) is 24.3 Å². The van der Waals surface area contributed by atoms with Gasteiger partial charge in [-0.15, -0.1) is 0 Å². The van der Waals surface area contributed by atoms with Gasteiger partial charge >= 0.3 is 0 Å². The number of anilines is 4. The van der Waals surface area contributed by atoms with E-state index in [1.54, 1.807) is 24.3 Å². The van der Waals surface area contributed by atoms with Gasteiger partial charge in [0.15, 0.2) is 5.13 Å². The largest absolute Gasteiger partial charge is 0.399 e. The normalized spacial score (nSPS) is 11.3. The van der Waals surface area contributed by atoms with Crippen LogP contribution in [0.5, 0.6) is 0 Å². The lowest BCUT2D eigenvalue weighted by atomic mass is 10.1. The summed E-state index contributed by atoms with van der Waals surface area (Å²) >= 11 is 1.09. The van der Waals surface area contributed by atoms with Crippen molar-refractivity contribution >= 4 is 49.5 Å². The third-order valence-electron chi connectivity index (χ3n) is 3.44. The van der Waals surface area contributed by atoms with Crippen LogP contribution in [0.1, 0.15) is 15.2 Å². The summed E-state index contributed by atoms with van der Waals surface area (Å²) in [6, 6.07) is 12.4. The van der Waals surface area contributed by atoms with Gasteiger partial charge in [-0.2, -0.15) is 0 Å². The maximum absolute atomic E-state index is 12.6. The van der Waals surface area contributed by atoms with Crippen LogP contribution >= 0.6 is 11.3 Å². The van der Waals surface area contributed by atoms with Crippen molar-refractivity contribution in [2.75, 3.05) is 16.8 Å². The number of hydrogen-bond acceptors (Lipinski definition) is 8. The molecule has 0 aliphatic carbocycles. The SMILES string of the molecule is Nc1cccc(C(=O)c2sc(Nc3ccc(S(N)(=O)=O)cc3)nc2N)c1. The van der Waals surface area contributed by atoms with Crippen LogP contribution in [0.3, 0.4) is 0 Å². The zero-order chi connectivity index (χ0) is 18.9. The van der Waals surface area contributed by atoms with Crippen LogP contribution in [-0.4, -0.2) is 19.2 Å². The van der Waals surface area contributed by atoms with Gasteiger partial charge in [-0.1, -0.05) is 23.5 Å². The number of sulfonamides is 1. The Morgan fingerprint density at radius 2 is 1.77 bits per heavy atom. The summed E-state index contributed by atoms with van der Waals surface area (Å²) in [5.41, 5.74) is 13.0. The van der Waals surface area contributed by atoms with E-state index < -0.39 is 10.0 Å². The molecule has 0 amide bonds. The quantitative estimate of drug-likeness (QED) is 0.384. The molecular formula is C16H15N5O3S2. The van der Waals surface area contributed by atoms with Crippen LogP contribution in [0.15, 0.2) is 53.4 Å². The first-order valence-electron chi connectivity index (χ1n) is 7.30. The van der Waals surface area contributed by atoms with Crippen molar-refractivity contribution in [1.82, 2.24) is 4.98 Å². The summed E-state index contributed by atoms with van der Waals surface area (Å²) in [6.07, 6.45) is 0. The minimum Gasteiger partial charge on any atom is -0.399 e. The van der Waals surface area contributed by atoms with Crippen molar-refractivity contribution in [3.05, 3.63) is 59.0 Å². The third-order valence-corrected chi connectivity index (χ3v) is 5.36. The number of thiazole rings is 1. The fourth-order valence-electron chi connectivity index (χ4n) is 2.21. The van der Waals surface area contributed by atoms with Crippen molar-refractivity contribution < 1.29 is 13.2 Å². The summed E-state index contributed by atoms with van der Waals surface area (Å²) in [6.45, 7) is 0. The summed E-state index contributed by atoms with van der Waals surface area (Å²) in [5, 5.41) is 8.44. The molecule has 0 saturated carbocycles. The topological polar surface area (TPSA) is 154 Å². The molecule has 26 heavy (non-hydrogen) atoms. The van der Waals surface area contributed by atoms with Gasteiger partial charge in [-0.25, -0.2) is 18.5 Å². The fourth-order valence-corrected chi connectivity index (χ4v) is 3.59. The Bertz CT molecular complexity index is 1080. The maximum atomic E-state index is 12.6. The minimum absolute atomic E-state index is 0.000708. The number of nitrogen functional groups attached to an aromatic ring is 2. The van der Waals surface area contributed by atoms with Crippen molar-refractivity contribution in [2.24, 2.45) is 5.14 Å². The molecule has 0 aliphatic rings. The van der Waals surface area contributed by atoms with E-state index in [4.69, 9.17) is 16.6 Å². The molecule has 8 nitrogen and oxygen atoms in total. The van der Waals surface area contributed by atoms with E-state index in [1.807, 2.05) is 0 Å². The zero-order valence-corrected chi connectivity index (χ0v) is 15.0. The van der Waals surface area contributed by atoms with E-state index in [2.05, 4.69) is 10.3 Å². The number of benzene rings is 2. The smallest absolute Gasteiger partial charge is 0.238 e. The lowest BCUT2D eigenvalue weighted by molar-refractivity contribution is 0.104. The Morgan fingerprint density at radius 3 is 2.38 bits per heavy atom. The Hall–Kier alpha value is -2.95. The molecule has 1 heterocycles.